The summed E-state index contributed by atoms with van der Waals surface area (Å²) in [6, 6.07) is -0.0982. The Morgan fingerprint density at radius 1 is 1.31 bits per heavy atom. The normalized spacial score (nSPS) is 20.7. The zero-order valence-corrected chi connectivity index (χ0v) is 10.8. The molecule has 0 aromatic heterocycles. The third-order valence-electron chi connectivity index (χ3n) is 3.22. The zero-order valence-electron chi connectivity index (χ0n) is 10.8. The van der Waals surface area contributed by atoms with E-state index in [1.165, 1.54) is 25.9 Å². The first-order valence-corrected chi connectivity index (χ1v) is 6.30. The van der Waals surface area contributed by atoms with Crippen LogP contribution in [0.5, 0.6) is 0 Å². The summed E-state index contributed by atoms with van der Waals surface area (Å²) in [5, 5.41) is 5.92. The lowest BCUT2D eigenvalue weighted by atomic mass is 10.1. The smallest absolute Gasteiger partial charge is 0.236 e. The number of nitrogens with zero attached hydrogens (tertiary/aromatic N) is 1. The van der Waals surface area contributed by atoms with Gasteiger partial charge in [0.1, 0.15) is 0 Å². The molecule has 0 saturated carbocycles. The van der Waals surface area contributed by atoms with Gasteiger partial charge >= 0.3 is 0 Å². The fraction of sp³-hybridized carbons (Fsp3) is 0.917. The number of likely N-dealkylation sites (tertiary alicyclic amines) is 1. The van der Waals surface area contributed by atoms with Gasteiger partial charge in [-0.25, -0.2) is 0 Å². The van der Waals surface area contributed by atoms with Gasteiger partial charge in [0, 0.05) is 13.1 Å². The summed E-state index contributed by atoms with van der Waals surface area (Å²) < 4.78 is 0. The fourth-order valence-corrected chi connectivity index (χ4v) is 2.03. The predicted molar refractivity (Wildman–Crippen MR) is 66.4 cm³/mol. The number of carbonyl (C=O) groups is 1. The van der Waals surface area contributed by atoms with Gasteiger partial charge in [0.15, 0.2) is 0 Å². The second-order valence-corrected chi connectivity index (χ2v) is 4.87. The van der Waals surface area contributed by atoms with Gasteiger partial charge in [-0.2, -0.15) is 0 Å². The highest BCUT2D eigenvalue weighted by molar-refractivity contribution is 5.81. The Balaban J connectivity index is 2.13. The maximum absolute atomic E-state index is 11.5. The second-order valence-electron chi connectivity index (χ2n) is 4.87. The van der Waals surface area contributed by atoms with Crippen LogP contribution < -0.4 is 10.6 Å². The molecular weight excluding hydrogens is 202 g/mol. The lowest BCUT2D eigenvalue weighted by Gasteiger charge is -2.21. The third-order valence-corrected chi connectivity index (χ3v) is 3.22. The molecule has 2 N–H and O–H groups in total. The molecule has 0 aromatic rings. The largest absolute Gasteiger partial charge is 0.354 e. The number of carbonyl (C=O) groups excluding carboxylic acids is 1. The number of hydrogen-bond acceptors (Lipinski definition) is 3. The first-order valence-electron chi connectivity index (χ1n) is 6.30. The maximum Gasteiger partial charge on any atom is 0.236 e. The number of hydrogen-bond donors (Lipinski definition) is 2. The summed E-state index contributed by atoms with van der Waals surface area (Å²) in [6.45, 7) is 8.41. The van der Waals surface area contributed by atoms with Gasteiger partial charge < -0.3 is 15.5 Å². The van der Waals surface area contributed by atoms with Crippen molar-refractivity contribution in [2.45, 2.75) is 32.7 Å². The van der Waals surface area contributed by atoms with E-state index >= 15 is 0 Å². The standard InChI is InChI=1S/C12H25N3O/c1-10(9-15-6-4-5-7-15)8-14-12(16)11(2)13-3/h10-11,13H,4-9H2,1-3H3,(H,14,16). The van der Waals surface area contributed by atoms with Crippen molar-refractivity contribution < 1.29 is 4.79 Å². The molecule has 4 nitrogen and oxygen atoms in total. The molecule has 1 rings (SSSR count). The Morgan fingerprint density at radius 2 is 1.94 bits per heavy atom. The summed E-state index contributed by atoms with van der Waals surface area (Å²) in [6.07, 6.45) is 2.66. The Kier molecular flexibility index (Phi) is 5.77. The van der Waals surface area contributed by atoms with E-state index < -0.39 is 0 Å². The molecule has 94 valence electrons. The van der Waals surface area contributed by atoms with Gasteiger partial charge in [-0.1, -0.05) is 6.92 Å². The summed E-state index contributed by atoms with van der Waals surface area (Å²) >= 11 is 0. The molecule has 16 heavy (non-hydrogen) atoms. The van der Waals surface area contributed by atoms with Crippen molar-refractivity contribution in [2.24, 2.45) is 5.92 Å². The molecule has 4 heteroatoms. The molecule has 2 unspecified atom stereocenters. The molecular formula is C12H25N3O. The SMILES string of the molecule is CNC(C)C(=O)NCC(C)CN1CCCC1. The molecule has 1 saturated heterocycles. The number of rotatable bonds is 6. The summed E-state index contributed by atoms with van der Waals surface area (Å²) in [5.41, 5.74) is 0. The quantitative estimate of drug-likeness (QED) is 0.692. The maximum atomic E-state index is 11.5. The first kappa shape index (κ1) is 13.5. The Hall–Kier alpha value is -0.610. The van der Waals surface area contributed by atoms with Gasteiger partial charge in [-0.05, 0) is 45.8 Å². The minimum atomic E-state index is -0.0982. The van der Waals surface area contributed by atoms with Crippen LogP contribution in [0.25, 0.3) is 0 Å². The van der Waals surface area contributed by atoms with Crippen LogP contribution in [-0.2, 0) is 4.79 Å². The molecule has 0 bridgehead atoms. The average Bonchev–Trinajstić information content (AvgIpc) is 2.77. The topological polar surface area (TPSA) is 44.4 Å². The van der Waals surface area contributed by atoms with E-state index in [1.807, 2.05) is 6.92 Å². The summed E-state index contributed by atoms with van der Waals surface area (Å²) in [7, 11) is 1.80. The molecule has 0 spiro atoms. The van der Waals surface area contributed by atoms with E-state index in [-0.39, 0.29) is 11.9 Å². The second kappa shape index (κ2) is 6.86. The van der Waals surface area contributed by atoms with Crippen LogP contribution in [0.1, 0.15) is 26.7 Å². The molecule has 0 aliphatic carbocycles. The Bertz CT molecular complexity index is 214. The molecule has 1 aliphatic rings. The van der Waals surface area contributed by atoms with Crippen molar-refractivity contribution in [1.29, 1.82) is 0 Å². The van der Waals surface area contributed by atoms with Crippen LogP contribution in [0.3, 0.4) is 0 Å². The number of amides is 1. The molecule has 2 atom stereocenters. The molecule has 1 amide bonds. The van der Waals surface area contributed by atoms with Crippen LogP contribution >= 0.6 is 0 Å². The third kappa shape index (κ3) is 4.49. The van der Waals surface area contributed by atoms with Gasteiger partial charge in [0.2, 0.25) is 5.91 Å². The van der Waals surface area contributed by atoms with Crippen molar-refractivity contribution in [1.82, 2.24) is 15.5 Å². The van der Waals surface area contributed by atoms with Crippen LogP contribution in [0.15, 0.2) is 0 Å². The van der Waals surface area contributed by atoms with E-state index in [9.17, 15) is 4.79 Å². The van der Waals surface area contributed by atoms with Crippen LogP contribution in [-0.4, -0.2) is 50.1 Å². The van der Waals surface area contributed by atoms with E-state index in [0.717, 1.165) is 13.1 Å². The summed E-state index contributed by atoms with van der Waals surface area (Å²) in [5.74, 6) is 0.627. The highest BCUT2D eigenvalue weighted by Gasteiger charge is 2.16. The summed E-state index contributed by atoms with van der Waals surface area (Å²) in [4.78, 5) is 14.0. The molecule has 0 radical (unpaired) electrons. The van der Waals surface area contributed by atoms with E-state index in [1.54, 1.807) is 7.05 Å². The van der Waals surface area contributed by atoms with E-state index in [4.69, 9.17) is 0 Å². The van der Waals surface area contributed by atoms with Crippen LogP contribution in [0.4, 0.5) is 0 Å². The van der Waals surface area contributed by atoms with E-state index in [2.05, 4.69) is 22.5 Å². The van der Waals surface area contributed by atoms with Gasteiger partial charge in [0.25, 0.3) is 0 Å². The number of likely N-dealkylation sites (N-methyl/N-ethyl adjacent to an activating group) is 1. The highest BCUT2D eigenvalue weighted by Crippen LogP contribution is 2.09. The van der Waals surface area contributed by atoms with Gasteiger partial charge in [-0.3, -0.25) is 4.79 Å². The lowest BCUT2D eigenvalue weighted by molar-refractivity contribution is -0.122. The molecule has 1 fully saturated rings. The van der Waals surface area contributed by atoms with Crippen molar-refractivity contribution in [3.05, 3.63) is 0 Å². The molecule has 1 heterocycles. The van der Waals surface area contributed by atoms with Crippen molar-refractivity contribution in [3.8, 4) is 0 Å². The van der Waals surface area contributed by atoms with Crippen LogP contribution in [0.2, 0.25) is 0 Å². The van der Waals surface area contributed by atoms with E-state index in [0.29, 0.717) is 5.92 Å². The number of nitrogens with one attached hydrogen (secondary N) is 2. The first-order chi connectivity index (χ1) is 7.63. The lowest BCUT2D eigenvalue weighted by Crippen LogP contribution is -2.43. The van der Waals surface area contributed by atoms with Crippen LogP contribution in [0, 0.1) is 5.92 Å². The molecule has 1 aliphatic heterocycles. The zero-order chi connectivity index (χ0) is 12.0. The molecule has 0 aromatic carbocycles. The minimum absolute atomic E-state index is 0.0933. The van der Waals surface area contributed by atoms with Crippen molar-refractivity contribution >= 4 is 5.91 Å². The fourth-order valence-electron chi connectivity index (χ4n) is 2.03. The Labute approximate surface area is 98.8 Å². The monoisotopic (exact) mass is 227 g/mol. The minimum Gasteiger partial charge on any atom is -0.354 e. The predicted octanol–water partition coefficient (Wildman–Crippen LogP) is 0.442. The van der Waals surface area contributed by atoms with Gasteiger partial charge in [0.05, 0.1) is 6.04 Å². The average molecular weight is 227 g/mol. The van der Waals surface area contributed by atoms with Crippen molar-refractivity contribution in [3.63, 3.8) is 0 Å². The Morgan fingerprint density at radius 3 is 2.50 bits per heavy atom. The van der Waals surface area contributed by atoms with Gasteiger partial charge in [-0.15, -0.1) is 0 Å². The van der Waals surface area contributed by atoms with Crippen molar-refractivity contribution in [2.75, 3.05) is 33.2 Å². The highest BCUT2D eigenvalue weighted by atomic mass is 16.2.